The zero-order valence-corrected chi connectivity index (χ0v) is 18.4. The summed E-state index contributed by atoms with van der Waals surface area (Å²) in [5.41, 5.74) is -0.219. The van der Waals surface area contributed by atoms with Crippen molar-refractivity contribution < 1.29 is 54.7 Å². The van der Waals surface area contributed by atoms with Gasteiger partial charge in [-0.05, 0) is 38.5 Å². The number of hydrogen-bond acceptors (Lipinski definition) is 11. The number of aromatic hydroxyl groups is 1. The summed E-state index contributed by atoms with van der Waals surface area (Å²) in [4.78, 5) is 0. The van der Waals surface area contributed by atoms with Gasteiger partial charge in [-0.3, -0.25) is 0 Å². The molecule has 11 heteroatoms. The van der Waals surface area contributed by atoms with Gasteiger partial charge in [0.1, 0.15) is 47.6 Å². The van der Waals surface area contributed by atoms with Gasteiger partial charge in [0.05, 0.1) is 19.8 Å². The lowest BCUT2D eigenvalue weighted by Crippen LogP contribution is -2.60. The Hall–Kier alpha value is -1.80. The number of aliphatic hydroxyl groups is 6. The van der Waals surface area contributed by atoms with Crippen LogP contribution in [0.2, 0.25) is 0 Å². The molecule has 0 aliphatic carbocycles. The number of hydrogen-bond donors (Lipinski definition) is 7. The first-order chi connectivity index (χ1) is 15.6. The van der Waals surface area contributed by atoms with Crippen molar-refractivity contribution in [3.05, 3.63) is 35.4 Å². The first kappa shape index (κ1) is 25.8. The number of ether oxygens (including phenoxy) is 4. The molecule has 1 aromatic rings. The first-order valence-electron chi connectivity index (χ1n) is 10.6. The maximum Gasteiger partial charge on any atom is 0.229 e. The fourth-order valence-corrected chi connectivity index (χ4v) is 3.52. The second-order valence-electron chi connectivity index (χ2n) is 8.63. The lowest BCUT2D eigenvalue weighted by molar-refractivity contribution is -0.289. The minimum atomic E-state index is -1.87. The summed E-state index contributed by atoms with van der Waals surface area (Å²) < 4.78 is 21.8. The predicted molar refractivity (Wildman–Crippen MR) is 112 cm³/mol. The molecule has 0 radical (unpaired) electrons. The summed E-state index contributed by atoms with van der Waals surface area (Å²) >= 11 is 0. The van der Waals surface area contributed by atoms with Crippen LogP contribution in [-0.4, -0.2) is 104 Å². The Bertz CT molecular complexity index is 827. The summed E-state index contributed by atoms with van der Waals surface area (Å²) in [6.07, 6.45) is -7.74. The molecule has 0 unspecified atom stereocenters. The van der Waals surface area contributed by atoms with E-state index >= 15 is 0 Å². The van der Waals surface area contributed by atoms with Crippen LogP contribution < -0.4 is 4.74 Å². The van der Waals surface area contributed by atoms with Crippen molar-refractivity contribution in [1.82, 2.24) is 0 Å². The molecule has 33 heavy (non-hydrogen) atoms. The van der Waals surface area contributed by atoms with Crippen molar-refractivity contribution in [3.8, 4) is 11.5 Å². The van der Waals surface area contributed by atoms with Crippen molar-refractivity contribution in [2.75, 3.05) is 19.8 Å². The van der Waals surface area contributed by atoms with Gasteiger partial charge in [0.15, 0.2) is 6.29 Å². The molecule has 1 aromatic carbocycles. The largest absolute Gasteiger partial charge is 0.508 e. The molecule has 11 nitrogen and oxygen atoms in total. The molecule has 2 aliphatic heterocycles. The zero-order valence-electron chi connectivity index (χ0n) is 18.4. The molecule has 2 fully saturated rings. The standard InChI is InChI=1S/C22H32O11/c1-11(2)3-4-12-7-13(5-6-14(12)24)32-20-18(27)17(26)16(25)15(33-20)8-30-21-19(28)22(29,9-23)10-31-21/h3,5-7,15-21,23-29H,4,8-10H2,1-2H3/t15-,16-,17+,18-,19+,20-,21-,22-/m1/s1. The summed E-state index contributed by atoms with van der Waals surface area (Å²) in [5, 5.41) is 70.2. The monoisotopic (exact) mass is 472 g/mol. The van der Waals surface area contributed by atoms with Crippen molar-refractivity contribution in [3.63, 3.8) is 0 Å². The van der Waals surface area contributed by atoms with Crippen LogP contribution in [0.1, 0.15) is 19.4 Å². The Morgan fingerprint density at radius 2 is 1.85 bits per heavy atom. The second-order valence-corrected chi connectivity index (χ2v) is 8.63. The van der Waals surface area contributed by atoms with E-state index in [0.29, 0.717) is 12.0 Å². The van der Waals surface area contributed by atoms with Crippen molar-refractivity contribution in [2.45, 2.75) is 69.0 Å². The third-order valence-electron chi connectivity index (χ3n) is 5.71. The highest BCUT2D eigenvalue weighted by Crippen LogP contribution is 2.30. The van der Waals surface area contributed by atoms with E-state index in [2.05, 4.69) is 0 Å². The zero-order chi connectivity index (χ0) is 24.3. The summed E-state index contributed by atoms with van der Waals surface area (Å²) in [6, 6.07) is 4.48. The fourth-order valence-electron chi connectivity index (χ4n) is 3.52. The smallest absolute Gasteiger partial charge is 0.229 e. The van der Waals surface area contributed by atoms with Crippen LogP contribution in [0.3, 0.4) is 0 Å². The number of aliphatic hydroxyl groups excluding tert-OH is 5. The molecule has 0 amide bonds. The Balaban J connectivity index is 1.66. The lowest BCUT2D eigenvalue weighted by Gasteiger charge is -2.40. The highest BCUT2D eigenvalue weighted by Gasteiger charge is 2.50. The molecule has 8 atom stereocenters. The molecule has 0 spiro atoms. The lowest BCUT2D eigenvalue weighted by atomic mass is 9.99. The van der Waals surface area contributed by atoms with Gasteiger partial charge in [0.25, 0.3) is 0 Å². The minimum absolute atomic E-state index is 0.0738. The quantitative estimate of drug-likeness (QED) is 0.220. The van der Waals surface area contributed by atoms with Crippen LogP contribution in [0.15, 0.2) is 29.8 Å². The summed E-state index contributed by atoms with van der Waals surface area (Å²) in [5.74, 6) is 0.337. The molecule has 0 aromatic heterocycles. The summed E-state index contributed by atoms with van der Waals surface area (Å²) in [7, 11) is 0. The van der Waals surface area contributed by atoms with Crippen LogP contribution >= 0.6 is 0 Å². The van der Waals surface area contributed by atoms with Gasteiger partial charge < -0.3 is 54.7 Å². The molecular formula is C22H32O11. The minimum Gasteiger partial charge on any atom is -0.508 e. The highest BCUT2D eigenvalue weighted by atomic mass is 16.7. The van der Waals surface area contributed by atoms with Crippen LogP contribution in [-0.2, 0) is 20.6 Å². The number of rotatable bonds is 8. The van der Waals surface area contributed by atoms with Gasteiger partial charge in [-0.2, -0.15) is 0 Å². The van der Waals surface area contributed by atoms with Crippen LogP contribution in [0, 0.1) is 0 Å². The van der Waals surface area contributed by atoms with E-state index in [4.69, 9.17) is 18.9 Å². The first-order valence-corrected chi connectivity index (χ1v) is 10.6. The molecule has 186 valence electrons. The molecule has 3 rings (SSSR count). The van der Waals surface area contributed by atoms with E-state index in [-0.39, 0.29) is 24.7 Å². The van der Waals surface area contributed by atoms with E-state index in [9.17, 15) is 35.7 Å². The van der Waals surface area contributed by atoms with Crippen LogP contribution in [0.5, 0.6) is 11.5 Å². The number of allylic oxidation sites excluding steroid dienone is 2. The Kier molecular flexibility index (Phi) is 8.32. The molecule has 2 saturated heterocycles. The van der Waals surface area contributed by atoms with Gasteiger partial charge >= 0.3 is 0 Å². The molecule has 7 N–H and O–H groups in total. The van der Waals surface area contributed by atoms with E-state index in [1.165, 1.54) is 12.1 Å². The molecule has 0 bridgehead atoms. The highest BCUT2D eigenvalue weighted by molar-refractivity contribution is 5.40. The van der Waals surface area contributed by atoms with Crippen LogP contribution in [0.25, 0.3) is 0 Å². The molecule has 0 saturated carbocycles. The van der Waals surface area contributed by atoms with E-state index in [1.807, 2.05) is 19.9 Å². The summed E-state index contributed by atoms with van der Waals surface area (Å²) in [6.45, 7) is 2.39. The van der Waals surface area contributed by atoms with Gasteiger partial charge in [-0.15, -0.1) is 0 Å². The molecular weight excluding hydrogens is 440 g/mol. The van der Waals surface area contributed by atoms with Crippen molar-refractivity contribution >= 4 is 0 Å². The second kappa shape index (κ2) is 10.6. The maximum absolute atomic E-state index is 10.3. The van der Waals surface area contributed by atoms with E-state index in [0.717, 1.165) is 5.57 Å². The topological polar surface area (TPSA) is 179 Å². The van der Waals surface area contributed by atoms with E-state index < -0.39 is 55.3 Å². The maximum atomic E-state index is 10.3. The number of benzene rings is 1. The van der Waals surface area contributed by atoms with Crippen molar-refractivity contribution in [2.24, 2.45) is 0 Å². The van der Waals surface area contributed by atoms with Gasteiger partial charge in [-0.1, -0.05) is 11.6 Å². The van der Waals surface area contributed by atoms with E-state index in [1.54, 1.807) is 6.07 Å². The Morgan fingerprint density at radius 1 is 1.12 bits per heavy atom. The van der Waals surface area contributed by atoms with Crippen molar-refractivity contribution in [1.29, 1.82) is 0 Å². The number of phenols is 1. The SMILES string of the molecule is CC(C)=CCc1cc(O[C@@H]2O[C@H](CO[C@@H]3OC[C@](O)(CO)[C@H]3O)[C@@H](O)[C@H](O)[C@H]2O)ccc1O. The Morgan fingerprint density at radius 3 is 2.48 bits per heavy atom. The normalized spacial score (nSPS) is 36.5. The predicted octanol–water partition coefficient (Wildman–Crippen LogP) is -1.46. The third-order valence-corrected chi connectivity index (χ3v) is 5.71. The van der Waals surface area contributed by atoms with Gasteiger partial charge in [-0.25, -0.2) is 0 Å². The van der Waals surface area contributed by atoms with Crippen LogP contribution in [0.4, 0.5) is 0 Å². The fraction of sp³-hybridized carbons (Fsp3) is 0.636. The van der Waals surface area contributed by atoms with Gasteiger partial charge in [0, 0.05) is 5.56 Å². The van der Waals surface area contributed by atoms with Gasteiger partial charge in [0.2, 0.25) is 6.29 Å². The Labute approximate surface area is 191 Å². The third kappa shape index (κ3) is 5.83. The average Bonchev–Trinajstić information content (AvgIpc) is 3.07. The molecule has 2 aliphatic rings. The molecule has 2 heterocycles. The number of phenolic OH excluding ortho intramolecular Hbond substituents is 1. The average molecular weight is 472 g/mol.